The van der Waals surface area contributed by atoms with Crippen LogP contribution in [0.5, 0.6) is 0 Å². The fraction of sp³-hybridized carbons (Fsp3) is 0.812. The Kier molecular flexibility index (Phi) is 7.01. The molecule has 0 spiro atoms. The highest BCUT2D eigenvalue weighted by Gasteiger charge is 2.39. The number of carbonyl (C=O) groups is 1. The maximum atomic E-state index is 12.6. The third-order valence-corrected chi connectivity index (χ3v) is 4.72. The zero-order chi connectivity index (χ0) is 16.1. The maximum Gasteiger partial charge on any atom is 0.223 e. The third kappa shape index (κ3) is 4.68. The number of ether oxygens (including phenoxy) is 1. The Bertz CT molecular complexity index is 523. The summed E-state index contributed by atoms with van der Waals surface area (Å²) >= 11 is 0. The molecule has 3 rings (SSSR count). The van der Waals surface area contributed by atoms with Gasteiger partial charge in [0.1, 0.15) is 5.54 Å². The number of halogens is 1. The lowest BCUT2D eigenvalue weighted by molar-refractivity contribution is -0.124. The molecular weight excluding hydrogens is 332 g/mol. The molecule has 1 aromatic heterocycles. The number of rotatable bonds is 4. The van der Waals surface area contributed by atoms with Crippen molar-refractivity contribution in [2.45, 2.75) is 63.5 Å². The number of hydrogen-bond donors (Lipinski definition) is 2. The van der Waals surface area contributed by atoms with Crippen LogP contribution in [-0.2, 0) is 15.1 Å². The van der Waals surface area contributed by atoms with Crippen molar-refractivity contribution in [1.82, 2.24) is 20.8 Å². The number of amides is 1. The van der Waals surface area contributed by atoms with Crippen LogP contribution in [-0.4, -0.2) is 41.8 Å². The molecule has 1 saturated heterocycles. The van der Waals surface area contributed by atoms with Gasteiger partial charge in [0, 0.05) is 25.9 Å². The van der Waals surface area contributed by atoms with E-state index in [-0.39, 0.29) is 24.4 Å². The van der Waals surface area contributed by atoms with Crippen LogP contribution in [0.1, 0.15) is 56.7 Å². The van der Waals surface area contributed by atoms with Crippen molar-refractivity contribution in [2.24, 2.45) is 0 Å². The van der Waals surface area contributed by atoms with Crippen molar-refractivity contribution in [1.29, 1.82) is 0 Å². The largest absolute Gasteiger partial charge is 0.378 e. The van der Waals surface area contributed by atoms with Crippen molar-refractivity contribution in [3.8, 4) is 0 Å². The highest BCUT2D eigenvalue weighted by Crippen LogP contribution is 2.34. The SMILES string of the molecule is Cc1nc(C2(NC(=O)CC3COCCN3)CCCCCC2)no1.Cl. The second kappa shape index (κ2) is 8.78. The zero-order valence-electron chi connectivity index (χ0n) is 14.2. The van der Waals surface area contributed by atoms with Gasteiger partial charge in [0.05, 0.1) is 13.2 Å². The van der Waals surface area contributed by atoms with Gasteiger partial charge in [0.2, 0.25) is 11.8 Å². The quantitative estimate of drug-likeness (QED) is 0.798. The first-order chi connectivity index (χ1) is 11.2. The van der Waals surface area contributed by atoms with Crippen molar-refractivity contribution >= 4 is 18.3 Å². The minimum atomic E-state index is -0.485. The van der Waals surface area contributed by atoms with Gasteiger partial charge in [0.25, 0.3) is 0 Å². The molecule has 8 heteroatoms. The molecule has 2 N–H and O–H groups in total. The molecule has 1 amide bonds. The van der Waals surface area contributed by atoms with Crippen molar-refractivity contribution < 1.29 is 14.1 Å². The number of carbonyl (C=O) groups excluding carboxylic acids is 1. The van der Waals surface area contributed by atoms with E-state index in [1.54, 1.807) is 6.92 Å². The Morgan fingerprint density at radius 3 is 2.67 bits per heavy atom. The average molecular weight is 359 g/mol. The summed E-state index contributed by atoms with van der Waals surface area (Å²) in [6, 6.07) is 0.0820. The highest BCUT2D eigenvalue weighted by molar-refractivity contribution is 5.85. The fourth-order valence-electron chi connectivity index (χ4n) is 3.52. The standard InChI is InChI=1S/C16H26N4O3.ClH/c1-12-18-15(20-23-12)16(6-4-2-3-5-7-16)19-14(21)10-13-11-22-9-8-17-13;/h13,17H,2-11H2,1H3,(H,19,21);1H. The van der Waals surface area contributed by atoms with Crippen LogP contribution in [0.3, 0.4) is 0 Å². The van der Waals surface area contributed by atoms with E-state index in [1.807, 2.05) is 0 Å². The first kappa shape index (κ1) is 19.1. The van der Waals surface area contributed by atoms with Crippen LogP contribution in [0.4, 0.5) is 0 Å². The summed E-state index contributed by atoms with van der Waals surface area (Å²) in [6.07, 6.45) is 6.66. The van der Waals surface area contributed by atoms with E-state index in [4.69, 9.17) is 9.26 Å². The minimum Gasteiger partial charge on any atom is -0.378 e. The van der Waals surface area contributed by atoms with E-state index in [9.17, 15) is 4.79 Å². The number of aryl methyl sites for hydroxylation is 1. The number of hydrogen-bond acceptors (Lipinski definition) is 6. The Morgan fingerprint density at radius 1 is 1.33 bits per heavy atom. The van der Waals surface area contributed by atoms with Gasteiger partial charge in [-0.05, 0) is 12.8 Å². The summed E-state index contributed by atoms with van der Waals surface area (Å²) in [7, 11) is 0. The number of morpholine rings is 1. The Balaban J connectivity index is 0.00000208. The lowest BCUT2D eigenvalue weighted by Crippen LogP contribution is -2.50. The van der Waals surface area contributed by atoms with Gasteiger partial charge >= 0.3 is 0 Å². The molecular formula is C16H27ClN4O3. The number of aromatic nitrogens is 2. The van der Waals surface area contributed by atoms with Gasteiger partial charge in [-0.3, -0.25) is 4.79 Å². The molecule has 7 nitrogen and oxygen atoms in total. The highest BCUT2D eigenvalue weighted by atomic mass is 35.5. The summed E-state index contributed by atoms with van der Waals surface area (Å²) < 4.78 is 10.6. The van der Waals surface area contributed by atoms with Gasteiger partial charge < -0.3 is 19.9 Å². The van der Waals surface area contributed by atoms with E-state index < -0.39 is 5.54 Å². The van der Waals surface area contributed by atoms with Crippen molar-refractivity contribution in [3.63, 3.8) is 0 Å². The molecule has 2 fully saturated rings. The Morgan fingerprint density at radius 2 is 2.08 bits per heavy atom. The van der Waals surface area contributed by atoms with E-state index >= 15 is 0 Å². The first-order valence-electron chi connectivity index (χ1n) is 8.61. The van der Waals surface area contributed by atoms with Crippen molar-refractivity contribution in [2.75, 3.05) is 19.8 Å². The molecule has 0 bridgehead atoms. The van der Waals surface area contributed by atoms with E-state index in [1.165, 1.54) is 12.8 Å². The molecule has 0 radical (unpaired) electrons. The Hall–Kier alpha value is -1.18. The van der Waals surface area contributed by atoms with Crippen LogP contribution in [0, 0.1) is 6.92 Å². The maximum absolute atomic E-state index is 12.6. The van der Waals surface area contributed by atoms with Crippen molar-refractivity contribution in [3.05, 3.63) is 11.7 Å². The molecule has 0 aromatic carbocycles. The van der Waals surface area contributed by atoms with Crippen LogP contribution in [0.15, 0.2) is 4.52 Å². The van der Waals surface area contributed by atoms with Gasteiger partial charge in [-0.15, -0.1) is 12.4 Å². The van der Waals surface area contributed by atoms with E-state index in [2.05, 4.69) is 20.8 Å². The van der Waals surface area contributed by atoms with Crippen LogP contribution in [0.25, 0.3) is 0 Å². The van der Waals surface area contributed by atoms with E-state index in [0.29, 0.717) is 31.3 Å². The summed E-state index contributed by atoms with van der Waals surface area (Å²) in [4.78, 5) is 17.0. The fourth-order valence-corrected chi connectivity index (χ4v) is 3.52. The van der Waals surface area contributed by atoms with Gasteiger partial charge in [-0.25, -0.2) is 0 Å². The second-order valence-corrected chi connectivity index (χ2v) is 6.61. The van der Waals surface area contributed by atoms with Crippen LogP contribution < -0.4 is 10.6 Å². The van der Waals surface area contributed by atoms with Crippen LogP contribution in [0.2, 0.25) is 0 Å². The lowest BCUT2D eigenvalue weighted by atomic mass is 9.88. The van der Waals surface area contributed by atoms with Gasteiger partial charge in [-0.2, -0.15) is 4.98 Å². The van der Waals surface area contributed by atoms with E-state index in [0.717, 1.165) is 32.2 Å². The molecule has 1 aliphatic heterocycles. The molecule has 2 aliphatic rings. The summed E-state index contributed by atoms with van der Waals surface area (Å²) in [5, 5.41) is 10.7. The number of nitrogens with zero attached hydrogens (tertiary/aromatic N) is 2. The second-order valence-electron chi connectivity index (χ2n) is 6.61. The lowest BCUT2D eigenvalue weighted by Gasteiger charge is -2.32. The molecule has 1 aliphatic carbocycles. The Labute approximate surface area is 148 Å². The summed E-state index contributed by atoms with van der Waals surface area (Å²) in [6.45, 7) is 3.88. The molecule has 2 heterocycles. The monoisotopic (exact) mass is 358 g/mol. The number of nitrogens with one attached hydrogen (secondary N) is 2. The predicted molar refractivity (Wildman–Crippen MR) is 91.0 cm³/mol. The van der Waals surface area contributed by atoms with Gasteiger partial charge in [-0.1, -0.05) is 30.8 Å². The smallest absolute Gasteiger partial charge is 0.223 e. The molecule has 1 atom stereocenters. The molecule has 1 unspecified atom stereocenters. The molecule has 24 heavy (non-hydrogen) atoms. The van der Waals surface area contributed by atoms with Gasteiger partial charge in [0.15, 0.2) is 5.82 Å². The molecule has 136 valence electrons. The normalized spacial score (nSPS) is 23.8. The summed E-state index contributed by atoms with van der Waals surface area (Å²) in [5.41, 5.74) is -0.485. The predicted octanol–water partition coefficient (Wildman–Crippen LogP) is 1.84. The van der Waals surface area contributed by atoms with Crippen LogP contribution >= 0.6 is 12.4 Å². The minimum absolute atomic E-state index is 0. The topological polar surface area (TPSA) is 89.3 Å². The first-order valence-corrected chi connectivity index (χ1v) is 8.61. The third-order valence-electron chi connectivity index (χ3n) is 4.72. The average Bonchev–Trinajstić information content (AvgIpc) is 2.85. The molecule has 1 aromatic rings. The summed E-state index contributed by atoms with van der Waals surface area (Å²) in [5.74, 6) is 1.19. The zero-order valence-corrected chi connectivity index (χ0v) is 15.0. The molecule has 1 saturated carbocycles.